The molecule has 0 aliphatic heterocycles. The van der Waals surface area contributed by atoms with Gasteiger partial charge in [-0.1, -0.05) is 6.92 Å². The molecule has 0 radical (unpaired) electrons. The van der Waals surface area contributed by atoms with E-state index >= 15 is 0 Å². The van der Waals surface area contributed by atoms with Gasteiger partial charge in [-0.05, 0) is 31.4 Å². The number of aryl methyl sites for hydroxylation is 1. The number of nitrogens with two attached hydrogens (primary N) is 1. The first-order chi connectivity index (χ1) is 8.09. The van der Waals surface area contributed by atoms with Crippen molar-refractivity contribution in [3.05, 3.63) is 17.0 Å². The second kappa shape index (κ2) is 5.06. The van der Waals surface area contributed by atoms with Gasteiger partial charge in [0.05, 0.1) is 0 Å². The average Bonchev–Trinajstić information content (AvgIpc) is 3.01. The van der Waals surface area contributed by atoms with Crippen LogP contribution in [0.15, 0.2) is 16.3 Å². The molecule has 0 saturated heterocycles. The van der Waals surface area contributed by atoms with E-state index in [1.54, 1.807) is 10.4 Å². The van der Waals surface area contributed by atoms with Crippen LogP contribution in [0, 0.1) is 0 Å². The second-order valence-electron chi connectivity index (χ2n) is 4.21. The molecule has 96 valence electrons. The van der Waals surface area contributed by atoms with Crippen LogP contribution in [0.25, 0.3) is 0 Å². The number of hydrogen-bond acceptors (Lipinski definition) is 4. The maximum atomic E-state index is 12.4. The fourth-order valence-electron chi connectivity index (χ4n) is 1.79. The second-order valence-corrected chi connectivity index (χ2v) is 7.50. The minimum Gasteiger partial charge on any atom is -0.329 e. The van der Waals surface area contributed by atoms with Crippen molar-refractivity contribution in [2.45, 2.75) is 36.4 Å². The smallest absolute Gasteiger partial charge is 0.252 e. The van der Waals surface area contributed by atoms with Crippen molar-refractivity contribution in [3.8, 4) is 0 Å². The van der Waals surface area contributed by atoms with Crippen LogP contribution >= 0.6 is 11.3 Å². The van der Waals surface area contributed by atoms with Gasteiger partial charge in [0.1, 0.15) is 4.21 Å². The van der Waals surface area contributed by atoms with E-state index in [1.165, 1.54) is 11.3 Å². The van der Waals surface area contributed by atoms with Gasteiger partial charge < -0.3 is 5.73 Å². The highest BCUT2D eigenvalue weighted by molar-refractivity contribution is 7.91. The molecule has 0 aromatic carbocycles. The molecule has 2 N–H and O–H groups in total. The summed E-state index contributed by atoms with van der Waals surface area (Å²) in [4.78, 5) is 1.10. The average molecular weight is 274 g/mol. The third kappa shape index (κ3) is 2.70. The number of nitrogens with zero attached hydrogens (tertiary/aromatic N) is 1. The van der Waals surface area contributed by atoms with Crippen LogP contribution in [0.5, 0.6) is 0 Å². The van der Waals surface area contributed by atoms with E-state index in [2.05, 4.69) is 0 Å². The molecule has 0 spiro atoms. The molecule has 1 aliphatic carbocycles. The molecular weight excluding hydrogens is 256 g/mol. The zero-order valence-electron chi connectivity index (χ0n) is 9.93. The third-order valence-electron chi connectivity index (χ3n) is 2.85. The topological polar surface area (TPSA) is 63.4 Å². The Morgan fingerprint density at radius 3 is 2.65 bits per heavy atom. The predicted octanol–water partition coefficient (Wildman–Crippen LogP) is 1.42. The molecule has 4 nitrogen and oxygen atoms in total. The highest BCUT2D eigenvalue weighted by Crippen LogP contribution is 2.33. The first-order valence-corrected chi connectivity index (χ1v) is 8.16. The Morgan fingerprint density at radius 1 is 1.47 bits per heavy atom. The van der Waals surface area contributed by atoms with Crippen molar-refractivity contribution < 1.29 is 8.42 Å². The third-order valence-corrected chi connectivity index (χ3v) is 6.50. The maximum absolute atomic E-state index is 12.4. The van der Waals surface area contributed by atoms with Crippen LogP contribution in [0.1, 0.15) is 24.6 Å². The monoisotopic (exact) mass is 274 g/mol. The van der Waals surface area contributed by atoms with Gasteiger partial charge in [0.25, 0.3) is 10.0 Å². The Balaban J connectivity index is 2.26. The zero-order chi connectivity index (χ0) is 12.5. The quantitative estimate of drug-likeness (QED) is 0.853. The predicted molar refractivity (Wildman–Crippen MR) is 69.7 cm³/mol. The Labute approximate surface area is 106 Å². The summed E-state index contributed by atoms with van der Waals surface area (Å²) >= 11 is 1.37. The molecule has 2 rings (SSSR count). The van der Waals surface area contributed by atoms with Crippen molar-refractivity contribution in [2.75, 3.05) is 13.1 Å². The van der Waals surface area contributed by atoms with Crippen molar-refractivity contribution in [3.63, 3.8) is 0 Å². The standard InChI is InChI=1S/C11H18N2O2S2/c1-2-10-5-6-11(16-10)17(14,15)13(8-7-12)9-3-4-9/h5-6,9H,2-4,7-8,12H2,1H3. The van der Waals surface area contributed by atoms with Crippen molar-refractivity contribution >= 4 is 21.4 Å². The molecule has 6 heteroatoms. The van der Waals surface area contributed by atoms with Crippen molar-refractivity contribution in [2.24, 2.45) is 5.73 Å². The summed E-state index contributed by atoms with van der Waals surface area (Å²) < 4.78 is 26.8. The lowest BCUT2D eigenvalue weighted by molar-refractivity contribution is 0.413. The van der Waals surface area contributed by atoms with Gasteiger partial charge in [-0.2, -0.15) is 4.31 Å². The number of thiophene rings is 1. The molecule has 0 unspecified atom stereocenters. The number of hydrogen-bond donors (Lipinski definition) is 1. The van der Waals surface area contributed by atoms with Gasteiger partial charge in [0, 0.05) is 24.0 Å². The summed E-state index contributed by atoms with van der Waals surface area (Å²) in [6.07, 6.45) is 2.80. The van der Waals surface area contributed by atoms with E-state index in [4.69, 9.17) is 5.73 Å². The first kappa shape index (κ1) is 13.0. The normalized spacial score (nSPS) is 16.6. The Bertz CT molecular complexity index is 477. The summed E-state index contributed by atoms with van der Waals surface area (Å²) in [6.45, 7) is 2.83. The first-order valence-electron chi connectivity index (χ1n) is 5.90. The summed E-state index contributed by atoms with van der Waals surface area (Å²) in [5.74, 6) is 0. The van der Waals surface area contributed by atoms with Gasteiger partial charge in [0.2, 0.25) is 0 Å². The number of sulfonamides is 1. The van der Waals surface area contributed by atoms with Crippen LogP contribution < -0.4 is 5.73 Å². The fourth-order valence-corrected chi connectivity index (χ4v) is 4.92. The molecule has 0 atom stereocenters. The van der Waals surface area contributed by atoms with E-state index < -0.39 is 10.0 Å². The lowest BCUT2D eigenvalue weighted by Gasteiger charge is -2.19. The van der Waals surface area contributed by atoms with Crippen molar-refractivity contribution in [1.82, 2.24) is 4.31 Å². The zero-order valence-corrected chi connectivity index (χ0v) is 11.6. The number of rotatable bonds is 6. The molecule has 1 aromatic rings. The Hall–Kier alpha value is -0.430. The van der Waals surface area contributed by atoms with E-state index in [1.807, 2.05) is 13.0 Å². The van der Waals surface area contributed by atoms with Crippen LogP contribution in [0.2, 0.25) is 0 Å². The summed E-state index contributed by atoms with van der Waals surface area (Å²) in [5.41, 5.74) is 5.50. The van der Waals surface area contributed by atoms with E-state index in [-0.39, 0.29) is 6.04 Å². The van der Waals surface area contributed by atoms with Crippen molar-refractivity contribution in [1.29, 1.82) is 0 Å². The van der Waals surface area contributed by atoms with E-state index in [0.717, 1.165) is 24.1 Å². The maximum Gasteiger partial charge on any atom is 0.252 e. The molecule has 1 fully saturated rings. The van der Waals surface area contributed by atoms with Crippen LogP contribution in [-0.4, -0.2) is 31.9 Å². The largest absolute Gasteiger partial charge is 0.329 e. The molecule has 1 heterocycles. The SMILES string of the molecule is CCc1ccc(S(=O)(=O)N(CCN)C2CC2)s1. The summed E-state index contributed by atoms with van der Waals surface area (Å²) in [5, 5.41) is 0. The Kier molecular flexibility index (Phi) is 3.87. The summed E-state index contributed by atoms with van der Waals surface area (Å²) in [6, 6.07) is 3.78. The Morgan fingerprint density at radius 2 is 2.18 bits per heavy atom. The molecule has 1 aromatic heterocycles. The highest BCUT2D eigenvalue weighted by Gasteiger charge is 2.38. The van der Waals surface area contributed by atoms with Gasteiger partial charge in [0.15, 0.2) is 0 Å². The molecule has 1 saturated carbocycles. The van der Waals surface area contributed by atoms with E-state index in [9.17, 15) is 8.42 Å². The van der Waals surface area contributed by atoms with Crippen LogP contribution in [-0.2, 0) is 16.4 Å². The molecule has 0 bridgehead atoms. The molecular formula is C11H18N2O2S2. The highest BCUT2D eigenvalue weighted by atomic mass is 32.2. The van der Waals surface area contributed by atoms with Crippen LogP contribution in [0.3, 0.4) is 0 Å². The van der Waals surface area contributed by atoms with Crippen LogP contribution in [0.4, 0.5) is 0 Å². The van der Waals surface area contributed by atoms with Gasteiger partial charge >= 0.3 is 0 Å². The molecule has 1 aliphatic rings. The molecule has 17 heavy (non-hydrogen) atoms. The van der Waals surface area contributed by atoms with Gasteiger partial charge in [-0.15, -0.1) is 11.3 Å². The fraction of sp³-hybridized carbons (Fsp3) is 0.636. The molecule has 0 amide bonds. The lowest BCUT2D eigenvalue weighted by Crippen LogP contribution is -2.36. The van der Waals surface area contributed by atoms with Gasteiger partial charge in [-0.25, -0.2) is 8.42 Å². The van der Waals surface area contributed by atoms with Gasteiger partial charge in [-0.3, -0.25) is 0 Å². The summed E-state index contributed by atoms with van der Waals surface area (Å²) in [7, 11) is -3.32. The minimum absolute atomic E-state index is 0.177. The van der Waals surface area contributed by atoms with E-state index in [0.29, 0.717) is 17.3 Å². The minimum atomic E-state index is -3.32. The lowest BCUT2D eigenvalue weighted by atomic mass is 10.4.